The Morgan fingerprint density at radius 1 is 1.22 bits per heavy atom. The van der Waals surface area contributed by atoms with Crippen molar-refractivity contribution in [1.29, 1.82) is 0 Å². The summed E-state index contributed by atoms with van der Waals surface area (Å²) < 4.78 is 1.90. The Morgan fingerprint density at radius 2 is 2.09 bits per heavy atom. The molecule has 23 heavy (non-hydrogen) atoms. The van der Waals surface area contributed by atoms with Crippen molar-refractivity contribution in [1.82, 2.24) is 25.2 Å². The van der Waals surface area contributed by atoms with E-state index < -0.39 is 0 Å². The van der Waals surface area contributed by atoms with E-state index in [4.69, 9.17) is 0 Å². The van der Waals surface area contributed by atoms with Crippen LogP contribution in [0.25, 0.3) is 0 Å². The van der Waals surface area contributed by atoms with Crippen molar-refractivity contribution in [3.8, 4) is 0 Å². The summed E-state index contributed by atoms with van der Waals surface area (Å²) in [6.45, 7) is 2.94. The van der Waals surface area contributed by atoms with Crippen LogP contribution in [0.5, 0.6) is 0 Å². The molecule has 4 rings (SSSR count). The van der Waals surface area contributed by atoms with Gasteiger partial charge in [0.05, 0.1) is 17.9 Å². The second-order valence-corrected chi connectivity index (χ2v) is 6.40. The van der Waals surface area contributed by atoms with Gasteiger partial charge in [-0.15, -0.1) is 5.10 Å². The molecule has 0 bridgehead atoms. The van der Waals surface area contributed by atoms with E-state index in [0.29, 0.717) is 12.5 Å². The Kier molecular flexibility index (Phi) is 3.69. The number of aromatic nitrogens is 5. The van der Waals surface area contributed by atoms with E-state index in [1.807, 2.05) is 4.68 Å². The first-order valence-corrected chi connectivity index (χ1v) is 8.28. The third-order valence-corrected chi connectivity index (χ3v) is 4.67. The Labute approximate surface area is 135 Å². The largest absolute Gasteiger partial charge is 0.282 e. The van der Waals surface area contributed by atoms with E-state index in [9.17, 15) is 0 Å². The van der Waals surface area contributed by atoms with Gasteiger partial charge in [-0.05, 0) is 42.7 Å². The molecule has 0 radical (unpaired) electrons. The van der Waals surface area contributed by atoms with Gasteiger partial charge in [0.2, 0.25) is 0 Å². The molecule has 0 amide bonds. The van der Waals surface area contributed by atoms with Crippen molar-refractivity contribution in [2.45, 2.75) is 45.1 Å². The number of fused-ring (bicyclic) bond motifs is 1. The average Bonchev–Trinajstić information content (AvgIpc) is 3.28. The third kappa shape index (κ3) is 2.91. The number of nitrogens with one attached hydrogen (secondary N) is 1. The average molecular weight is 307 g/mol. The number of aromatic amines is 1. The minimum Gasteiger partial charge on any atom is -0.282 e. The summed E-state index contributed by atoms with van der Waals surface area (Å²) in [5.41, 5.74) is 6.18. The lowest BCUT2D eigenvalue weighted by atomic mass is 9.97. The first kappa shape index (κ1) is 14.2. The van der Waals surface area contributed by atoms with Crippen LogP contribution in [-0.2, 0) is 25.8 Å². The van der Waals surface area contributed by atoms with Gasteiger partial charge in [0.25, 0.3) is 0 Å². The molecule has 1 atom stereocenters. The van der Waals surface area contributed by atoms with Crippen LogP contribution in [0.3, 0.4) is 0 Å². The summed E-state index contributed by atoms with van der Waals surface area (Å²) in [5, 5.41) is 16.2. The van der Waals surface area contributed by atoms with Crippen molar-refractivity contribution in [3.05, 3.63) is 64.7 Å². The summed E-state index contributed by atoms with van der Waals surface area (Å²) >= 11 is 0. The van der Waals surface area contributed by atoms with Crippen molar-refractivity contribution in [2.24, 2.45) is 0 Å². The van der Waals surface area contributed by atoms with Crippen LogP contribution < -0.4 is 0 Å². The minimum absolute atomic E-state index is 0.441. The fraction of sp³-hybridized carbons (Fsp3) is 0.389. The molecule has 3 aromatic rings. The third-order valence-electron chi connectivity index (χ3n) is 4.67. The number of nitrogens with zero attached hydrogens (tertiary/aromatic N) is 4. The summed E-state index contributed by atoms with van der Waals surface area (Å²) in [6.07, 6.45) is 6.44. The number of hydrogen-bond acceptors (Lipinski definition) is 3. The molecule has 1 aliphatic carbocycles. The predicted molar refractivity (Wildman–Crippen MR) is 88.3 cm³/mol. The lowest BCUT2D eigenvalue weighted by molar-refractivity contribution is 0.631. The Balaban J connectivity index is 1.44. The standard InChI is InChI=1S/C18H21N5/c1-13(14-6-3-2-4-7-14)10-15-11-23(22-19-15)12-18-16-8-5-9-17(16)20-21-18/h2-4,6-7,11,13H,5,8-10,12H2,1H3,(H,20,21)/t13-/m1/s1. The van der Waals surface area contributed by atoms with E-state index in [1.165, 1.54) is 23.2 Å². The highest BCUT2D eigenvalue weighted by molar-refractivity contribution is 5.29. The Morgan fingerprint density at radius 3 is 2.96 bits per heavy atom. The van der Waals surface area contributed by atoms with Crippen molar-refractivity contribution in [2.75, 3.05) is 0 Å². The van der Waals surface area contributed by atoms with E-state index in [0.717, 1.165) is 30.7 Å². The Bertz CT molecular complexity index is 787. The van der Waals surface area contributed by atoms with Gasteiger partial charge in [-0.3, -0.25) is 5.10 Å². The van der Waals surface area contributed by atoms with Gasteiger partial charge in [0.15, 0.2) is 0 Å². The van der Waals surface area contributed by atoms with Gasteiger partial charge < -0.3 is 0 Å². The van der Waals surface area contributed by atoms with Crippen LogP contribution in [0.4, 0.5) is 0 Å². The first-order valence-electron chi connectivity index (χ1n) is 8.28. The number of aryl methyl sites for hydroxylation is 1. The minimum atomic E-state index is 0.441. The molecule has 0 saturated heterocycles. The van der Waals surface area contributed by atoms with Crippen molar-refractivity contribution >= 4 is 0 Å². The quantitative estimate of drug-likeness (QED) is 0.788. The van der Waals surface area contributed by atoms with Gasteiger partial charge in [-0.25, -0.2) is 4.68 Å². The van der Waals surface area contributed by atoms with Crippen molar-refractivity contribution in [3.63, 3.8) is 0 Å². The monoisotopic (exact) mass is 307 g/mol. The fourth-order valence-electron chi connectivity index (χ4n) is 3.39. The molecule has 2 heterocycles. The number of hydrogen-bond donors (Lipinski definition) is 1. The maximum atomic E-state index is 4.44. The molecule has 1 N–H and O–H groups in total. The van der Waals surface area contributed by atoms with Crippen LogP contribution in [-0.4, -0.2) is 25.2 Å². The summed E-state index contributed by atoms with van der Waals surface area (Å²) in [4.78, 5) is 0. The molecule has 0 spiro atoms. The van der Waals surface area contributed by atoms with Gasteiger partial charge in [-0.1, -0.05) is 42.5 Å². The highest BCUT2D eigenvalue weighted by Gasteiger charge is 2.19. The second-order valence-electron chi connectivity index (χ2n) is 6.40. The number of rotatable bonds is 5. The maximum Gasteiger partial charge on any atom is 0.0872 e. The van der Waals surface area contributed by atoms with Gasteiger partial charge in [-0.2, -0.15) is 5.10 Å². The van der Waals surface area contributed by atoms with E-state index in [2.05, 4.69) is 64.0 Å². The molecule has 0 aliphatic heterocycles. The summed E-state index contributed by atoms with van der Waals surface area (Å²) in [6, 6.07) is 10.6. The summed E-state index contributed by atoms with van der Waals surface area (Å²) in [7, 11) is 0. The molecule has 1 aliphatic rings. The summed E-state index contributed by atoms with van der Waals surface area (Å²) in [5.74, 6) is 0.441. The van der Waals surface area contributed by atoms with Crippen molar-refractivity contribution < 1.29 is 0 Å². The van der Waals surface area contributed by atoms with Crippen LogP contribution in [0.15, 0.2) is 36.5 Å². The van der Waals surface area contributed by atoms with Crippen LogP contribution in [0.1, 0.15) is 47.5 Å². The molecule has 0 saturated carbocycles. The number of H-pyrrole nitrogens is 1. The zero-order chi connectivity index (χ0) is 15.6. The molecular formula is C18H21N5. The molecule has 5 heteroatoms. The zero-order valence-electron chi connectivity index (χ0n) is 13.4. The van der Waals surface area contributed by atoms with Crippen LogP contribution in [0.2, 0.25) is 0 Å². The van der Waals surface area contributed by atoms with Crippen LogP contribution >= 0.6 is 0 Å². The molecule has 1 aromatic carbocycles. The second kappa shape index (κ2) is 5.99. The fourth-order valence-corrected chi connectivity index (χ4v) is 3.39. The normalized spacial score (nSPS) is 14.8. The lowest BCUT2D eigenvalue weighted by Crippen LogP contribution is -2.03. The van der Waals surface area contributed by atoms with E-state index in [-0.39, 0.29) is 0 Å². The van der Waals surface area contributed by atoms with Crippen LogP contribution in [0, 0.1) is 0 Å². The first-order chi connectivity index (χ1) is 11.3. The smallest absolute Gasteiger partial charge is 0.0872 e. The number of benzene rings is 1. The molecule has 0 unspecified atom stereocenters. The van der Waals surface area contributed by atoms with Gasteiger partial charge >= 0.3 is 0 Å². The molecule has 5 nitrogen and oxygen atoms in total. The zero-order valence-corrected chi connectivity index (χ0v) is 13.4. The molecular weight excluding hydrogens is 286 g/mol. The topological polar surface area (TPSA) is 59.4 Å². The maximum absolute atomic E-state index is 4.44. The SMILES string of the molecule is C[C@H](Cc1cn(Cc2n[nH]c3c2CCC3)nn1)c1ccccc1. The van der Waals surface area contributed by atoms with Gasteiger partial charge in [0, 0.05) is 11.9 Å². The molecule has 118 valence electrons. The highest BCUT2D eigenvalue weighted by Crippen LogP contribution is 2.23. The van der Waals surface area contributed by atoms with E-state index >= 15 is 0 Å². The van der Waals surface area contributed by atoms with E-state index in [1.54, 1.807) is 0 Å². The van der Waals surface area contributed by atoms with Gasteiger partial charge in [0.1, 0.15) is 0 Å². The molecule has 2 aromatic heterocycles. The lowest BCUT2D eigenvalue weighted by Gasteiger charge is -2.09. The Hall–Kier alpha value is -2.43. The molecule has 0 fully saturated rings. The predicted octanol–water partition coefficient (Wildman–Crippen LogP) is 2.88. The highest BCUT2D eigenvalue weighted by atomic mass is 15.4.